The summed E-state index contributed by atoms with van der Waals surface area (Å²) in [7, 11) is 0. The third kappa shape index (κ3) is 3.97. The highest BCUT2D eigenvalue weighted by Crippen LogP contribution is 2.34. The van der Waals surface area contributed by atoms with Crippen LogP contribution in [-0.4, -0.2) is 18.0 Å². The number of hydrogen-bond donors (Lipinski definition) is 2. The predicted octanol–water partition coefficient (Wildman–Crippen LogP) is 2.84. The number of benzene rings is 1. The topological polar surface area (TPSA) is 55.1 Å². The maximum Gasteiger partial charge on any atom is 0.237 e. The fourth-order valence-electron chi connectivity index (χ4n) is 2.81. The van der Waals surface area contributed by atoms with Gasteiger partial charge < -0.3 is 11.1 Å². The van der Waals surface area contributed by atoms with Gasteiger partial charge in [-0.2, -0.15) is 0 Å². The number of carbonyl (C=O) groups is 1. The zero-order valence-corrected chi connectivity index (χ0v) is 13.0. The highest BCUT2D eigenvalue weighted by Gasteiger charge is 2.31. The van der Waals surface area contributed by atoms with E-state index in [0.29, 0.717) is 5.92 Å². The van der Waals surface area contributed by atoms with Crippen LogP contribution in [0.3, 0.4) is 0 Å². The van der Waals surface area contributed by atoms with Crippen molar-refractivity contribution in [3.8, 4) is 0 Å². The number of amides is 1. The van der Waals surface area contributed by atoms with Gasteiger partial charge in [0.25, 0.3) is 0 Å². The summed E-state index contributed by atoms with van der Waals surface area (Å²) in [5.41, 5.74) is 7.23. The first-order valence-electron chi connectivity index (χ1n) is 7.20. The van der Waals surface area contributed by atoms with E-state index < -0.39 is 6.04 Å². The van der Waals surface area contributed by atoms with Crippen LogP contribution in [0.15, 0.2) is 30.3 Å². The Balaban J connectivity index is 0.00000200. The molecule has 0 bridgehead atoms. The van der Waals surface area contributed by atoms with Crippen molar-refractivity contribution in [2.45, 2.75) is 51.1 Å². The fraction of sp³-hybridized carbons (Fsp3) is 0.562. The average molecular weight is 297 g/mol. The minimum Gasteiger partial charge on any atom is -0.351 e. The van der Waals surface area contributed by atoms with Gasteiger partial charge in [-0.1, -0.05) is 50.6 Å². The summed E-state index contributed by atoms with van der Waals surface area (Å²) in [5.74, 6) is 0.601. The van der Waals surface area contributed by atoms with Gasteiger partial charge in [-0.3, -0.25) is 4.79 Å². The lowest BCUT2D eigenvalue weighted by molar-refractivity contribution is -0.124. The highest BCUT2D eigenvalue weighted by molar-refractivity contribution is 5.85. The second-order valence-electron chi connectivity index (χ2n) is 5.83. The number of nitrogens with one attached hydrogen (secondary N) is 1. The molecule has 20 heavy (non-hydrogen) atoms. The van der Waals surface area contributed by atoms with Gasteiger partial charge in [-0.15, -0.1) is 12.4 Å². The van der Waals surface area contributed by atoms with Crippen LogP contribution in [0.4, 0.5) is 0 Å². The Labute approximate surface area is 127 Å². The van der Waals surface area contributed by atoms with E-state index >= 15 is 0 Å². The van der Waals surface area contributed by atoms with E-state index in [9.17, 15) is 4.79 Å². The van der Waals surface area contributed by atoms with Gasteiger partial charge in [0.05, 0.1) is 6.04 Å². The average Bonchev–Trinajstić information content (AvgIpc) is 2.86. The molecule has 2 unspecified atom stereocenters. The monoisotopic (exact) mass is 296 g/mol. The molecular weight excluding hydrogens is 272 g/mol. The van der Waals surface area contributed by atoms with Crippen molar-refractivity contribution in [1.82, 2.24) is 5.32 Å². The number of rotatable bonds is 4. The van der Waals surface area contributed by atoms with Crippen molar-refractivity contribution in [3.63, 3.8) is 0 Å². The number of nitrogens with two attached hydrogens (primary N) is 1. The molecule has 1 aromatic rings. The Morgan fingerprint density at radius 1 is 1.25 bits per heavy atom. The molecule has 1 aromatic carbocycles. The molecule has 2 rings (SSSR count). The van der Waals surface area contributed by atoms with Gasteiger partial charge in [0.15, 0.2) is 0 Å². The molecule has 4 heteroatoms. The Morgan fingerprint density at radius 2 is 1.90 bits per heavy atom. The minimum atomic E-state index is -0.406. The quantitative estimate of drug-likeness (QED) is 0.897. The standard InChI is InChI=1S/C16H24N2O.ClH/c1-11(2)15(17)16(19)18-14-10-6-9-13(14)12-7-4-3-5-8-12;/h3-5,7-8,11,13-15H,6,9-10,17H2,1-2H3,(H,18,19);1H/t13?,14?,15-;/m0./s1. The molecular formula is C16H25ClN2O. The highest BCUT2D eigenvalue weighted by atomic mass is 35.5. The van der Waals surface area contributed by atoms with Crippen LogP contribution in [0, 0.1) is 5.92 Å². The van der Waals surface area contributed by atoms with Crippen LogP contribution < -0.4 is 11.1 Å². The molecule has 1 amide bonds. The molecule has 3 atom stereocenters. The summed E-state index contributed by atoms with van der Waals surface area (Å²) in [6.45, 7) is 3.96. The van der Waals surface area contributed by atoms with Crippen LogP contribution >= 0.6 is 12.4 Å². The second-order valence-corrected chi connectivity index (χ2v) is 5.83. The van der Waals surface area contributed by atoms with E-state index in [2.05, 4.69) is 29.6 Å². The van der Waals surface area contributed by atoms with Crippen molar-refractivity contribution in [3.05, 3.63) is 35.9 Å². The first-order chi connectivity index (χ1) is 9.09. The van der Waals surface area contributed by atoms with Crippen molar-refractivity contribution < 1.29 is 4.79 Å². The van der Waals surface area contributed by atoms with E-state index in [1.807, 2.05) is 19.9 Å². The maximum absolute atomic E-state index is 12.1. The molecule has 3 N–H and O–H groups in total. The Kier molecular flexibility index (Phi) is 6.50. The molecule has 0 radical (unpaired) electrons. The Hall–Kier alpha value is -1.06. The van der Waals surface area contributed by atoms with Crippen molar-refractivity contribution in [1.29, 1.82) is 0 Å². The Bertz CT molecular complexity index is 422. The molecule has 0 heterocycles. The molecule has 3 nitrogen and oxygen atoms in total. The van der Waals surface area contributed by atoms with Crippen molar-refractivity contribution in [2.24, 2.45) is 11.7 Å². The van der Waals surface area contributed by atoms with Gasteiger partial charge in [-0.05, 0) is 24.3 Å². The molecule has 0 spiro atoms. The van der Waals surface area contributed by atoms with Gasteiger partial charge in [0.2, 0.25) is 5.91 Å². The zero-order valence-electron chi connectivity index (χ0n) is 12.2. The van der Waals surface area contributed by atoms with Crippen LogP contribution in [0.2, 0.25) is 0 Å². The smallest absolute Gasteiger partial charge is 0.237 e. The van der Waals surface area contributed by atoms with E-state index in [-0.39, 0.29) is 30.3 Å². The molecule has 1 aliphatic rings. The number of halogens is 1. The zero-order chi connectivity index (χ0) is 13.8. The lowest BCUT2D eigenvalue weighted by Crippen LogP contribution is -2.48. The van der Waals surface area contributed by atoms with Gasteiger partial charge in [-0.25, -0.2) is 0 Å². The van der Waals surface area contributed by atoms with E-state index in [1.54, 1.807) is 0 Å². The molecule has 1 fully saturated rings. The van der Waals surface area contributed by atoms with Crippen LogP contribution in [-0.2, 0) is 4.79 Å². The number of hydrogen-bond acceptors (Lipinski definition) is 2. The van der Waals surface area contributed by atoms with Crippen LogP contribution in [0.1, 0.15) is 44.6 Å². The van der Waals surface area contributed by atoms with Crippen molar-refractivity contribution >= 4 is 18.3 Å². The second kappa shape index (κ2) is 7.65. The third-order valence-corrected chi connectivity index (χ3v) is 4.09. The minimum absolute atomic E-state index is 0. The predicted molar refractivity (Wildman–Crippen MR) is 85.0 cm³/mol. The van der Waals surface area contributed by atoms with E-state index in [1.165, 1.54) is 12.0 Å². The molecule has 0 saturated heterocycles. The molecule has 1 saturated carbocycles. The van der Waals surface area contributed by atoms with Crippen LogP contribution in [0.5, 0.6) is 0 Å². The van der Waals surface area contributed by atoms with Crippen molar-refractivity contribution in [2.75, 3.05) is 0 Å². The lowest BCUT2D eigenvalue weighted by Gasteiger charge is -2.24. The van der Waals surface area contributed by atoms with E-state index in [0.717, 1.165) is 12.8 Å². The van der Waals surface area contributed by atoms with Gasteiger partial charge in [0.1, 0.15) is 0 Å². The fourth-order valence-corrected chi connectivity index (χ4v) is 2.81. The van der Waals surface area contributed by atoms with Crippen LogP contribution in [0.25, 0.3) is 0 Å². The summed E-state index contributed by atoms with van der Waals surface area (Å²) in [4.78, 5) is 12.1. The largest absolute Gasteiger partial charge is 0.351 e. The number of carbonyl (C=O) groups excluding carboxylic acids is 1. The van der Waals surface area contributed by atoms with E-state index in [4.69, 9.17) is 5.73 Å². The summed E-state index contributed by atoms with van der Waals surface area (Å²) < 4.78 is 0. The summed E-state index contributed by atoms with van der Waals surface area (Å²) in [6.07, 6.45) is 3.36. The maximum atomic E-state index is 12.1. The molecule has 0 aromatic heterocycles. The van der Waals surface area contributed by atoms with Gasteiger partial charge in [0, 0.05) is 12.0 Å². The normalized spacial score (nSPS) is 23.2. The lowest BCUT2D eigenvalue weighted by atomic mass is 9.93. The molecule has 0 aliphatic heterocycles. The Morgan fingerprint density at radius 3 is 2.50 bits per heavy atom. The molecule has 112 valence electrons. The molecule has 1 aliphatic carbocycles. The first kappa shape index (κ1) is 17.0. The third-order valence-electron chi connectivity index (χ3n) is 4.09. The summed E-state index contributed by atoms with van der Waals surface area (Å²) in [5, 5.41) is 3.14. The SMILES string of the molecule is CC(C)[C@H](N)C(=O)NC1CCCC1c1ccccc1.Cl. The first-order valence-corrected chi connectivity index (χ1v) is 7.20. The van der Waals surface area contributed by atoms with Gasteiger partial charge >= 0.3 is 0 Å². The summed E-state index contributed by atoms with van der Waals surface area (Å²) >= 11 is 0. The summed E-state index contributed by atoms with van der Waals surface area (Å²) in [6, 6.07) is 10.3.